The van der Waals surface area contributed by atoms with Crippen LogP contribution in [0.25, 0.3) is 10.8 Å². The Labute approximate surface area is 149 Å². The Bertz CT molecular complexity index is 893. The van der Waals surface area contributed by atoms with Crippen molar-refractivity contribution < 1.29 is 8.42 Å². The van der Waals surface area contributed by atoms with Gasteiger partial charge in [-0.25, -0.2) is 13.1 Å². The van der Waals surface area contributed by atoms with E-state index >= 15 is 0 Å². The van der Waals surface area contributed by atoms with Gasteiger partial charge in [0.05, 0.1) is 4.90 Å². The lowest BCUT2D eigenvalue weighted by atomic mass is 9.76. The molecule has 4 nitrogen and oxygen atoms in total. The van der Waals surface area contributed by atoms with E-state index in [0.29, 0.717) is 29.3 Å². The molecule has 0 radical (unpaired) electrons. The van der Waals surface area contributed by atoms with Gasteiger partial charge in [0.2, 0.25) is 10.0 Å². The number of sulfonamides is 1. The largest absolute Gasteiger partial charge is 0.298 e. The van der Waals surface area contributed by atoms with Gasteiger partial charge in [0.1, 0.15) is 0 Å². The first kappa shape index (κ1) is 16.8. The molecule has 0 spiro atoms. The molecule has 25 heavy (non-hydrogen) atoms. The molecular weight excluding hydrogens is 332 g/mol. The molecule has 4 atom stereocenters. The van der Waals surface area contributed by atoms with Crippen LogP contribution < -0.4 is 4.72 Å². The monoisotopic (exact) mass is 356 g/mol. The van der Waals surface area contributed by atoms with Gasteiger partial charge in [-0.1, -0.05) is 36.4 Å². The van der Waals surface area contributed by atoms with Crippen molar-refractivity contribution in [3.63, 3.8) is 0 Å². The second kappa shape index (κ2) is 6.56. The Morgan fingerprint density at radius 3 is 2.72 bits per heavy atom. The van der Waals surface area contributed by atoms with Crippen LogP contribution in [0.2, 0.25) is 0 Å². The lowest BCUT2D eigenvalue weighted by Gasteiger charge is -2.49. The number of hydrogen-bond donors (Lipinski definition) is 1. The molecule has 3 saturated heterocycles. The minimum Gasteiger partial charge on any atom is -0.298 e. The fourth-order valence-corrected chi connectivity index (χ4v) is 5.39. The maximum Gasteiger partial charge on any atom is 0.240 e. The fraction of sp³-hybridized carbons (Fsp3) is 0.400. The van der Waals surface area contributed by atoms with E-state index in [4.69, 9.17) is 0 Å². The van der Waals surface area contributed by atoms with E-state index in [1.165, 1.54) is 6.42 Å². The highest BCUT2D eigenvalue weighted by Gasteiger charge is 2.38. The summed E-state index contributed by atoms with van der Waals surface area (Å²) in [7, 11) is -3.48. The lowest BCUT2D eigenvalue weighted by molar-refractivity contribution is 0.0218. The highest BCUT2D eigenvalue weighted by atomic mass is 32.2. The number of hydrogen-bond acceptors (Lipinski definition) is 3. The Kier molecular flexibility index (Phi) is 4.40. The topological polar surface area (TPSA) is 49.4 Å². The van der Waals surface area contributed by atoms with E-state index in [1.807, 2.05) is 30.3 Å². The van der Waals surface area contributed by atoms with Crippen molar-refractivity contribution in [2.24, 2.45) is 11.8 Å². The molecule has 0 aliphatic carbocycles. The van der Waals surface area contributed by atoms with E-state index in [-0.39, 0.29) is 0 Å². The Hall–Kier alpha value is -1.69. The minimum absolute atomic E-state index is 0.296. The molecule has 0 aromatic heterocycles. The summed E-state index contributed by atoms with van der Waals surface area (Å²) in [6, 6.07) is 13.4. The quantitative estimate of drug-likeness (QED) is 0.838. The molecule has 132 valence electrons. The fourth-order valence-electron chi connectivity index (χ4n) is 4.28. The molecule has 3 aliphatic heterocycles. The zero-order valence-corrected chi connectivity index (χ0v) is 15.1. The van der Waals surface area contributed by atoms with Crippen molar-refractivity contribution in [1.82, 2.24) is 9.62 Å². The first-order valence-corrected chi connectivity index (χ1v) is 10.4. The molecular formula is C20H24N2O2S. The van der Waals surface area contributed by atoms with Crippen LogP contribution in [0.1, 0.15) is 12.8 Å². The summed E-state index contributed by atoms with van der Waals surface area (Å²) in [6.07, 6.45) is 4.31. The lowest BCUT2D eigenvalue weighted by Crippen LogP contribution is -2.56. The van der Waals surface area contributed by atoms with E-state index < -0.39 is 10.0 Å². The smallest absolute Gasteiger partial charge is 0.240 e. The first-order chi connectivity index (χ1) is 12.1. The normalized spacial score (nSPS) is 29.0. The standard InChI is InChI=1S/C20H24N2O2S/c1-2-15-14-22-10-9-18(15)11-19(22)13-21-25(23,24)20-8-7-16-5-3-4-6-17(16)12-20/h2-8,12,15,18-19,21H,1,9-11,13-14H2/t15-,18-,19+/m0/s1. The molecule has 1 unspecified atom stereocenters. The molecule has 5 heteroatoms. The zero-order chi connectivity index (χ0) is 17.4. The van der Waals surface area contributed by atoms with Crippen molar-refractivity contribution in [2.45, 2.75) is 23.8 Å². The van der Waals surface area contributed by atoms with Crippen molar-refractivity contribution in [1.29, 1.82) is 0 Å². The summed E-state index contributed by atoms with van der Waals surface area (Å²) in [5.74, 6) is 1.21. The van der Waals surface area contributed by atoms with Crippen LogP contribution in [-0.2, 0) is 10.0 Å². The molecule has 3 fully saturated rings. The van der Waals surface area contributed by atoms with Gasteiger partial charge < -0.3 is 0 Å². The maximum atomic E-state index is 12.7. The molecule has 0 saturated carbocycles. The van der Waals surface area contributed by atoms with Gasteiger partial charge in [-0.3, -0.25) is 4.90 Å². The minimum atomic E-state index is -3.48. The molecule has 2 aromatic carbocycles. The summed E-state index contributed by atoms with van der Waals surface area (Å²) >= 11 is 0. The van der Waals surface area contributed by atoms with Crippen LogP contribution in [-0.4, -0.2) is 39.0 Å². The van der Waals surface area contributed by atoms with Crippen molar-refractivity contribution >= 4 is 20.8 Å². The van der Waals surface area contributed by atoms with Gasteiger partial charge in [0.25, 0.3) is 0 Å². The van der Waals surface area contributed by atoms with Crippen LogP contribution >= 0.6 is 0 Å². The molecule has 3 heterocycles. The Morgan fingerprint density at radius 1 is 1.20 bits per heavy atom. The number of piperidine rings is 3. The number of rotatable bonds is 5. The van der Waals surface area contributed by atoms with Gasteiger partial charge >= 0.3 is 0 Å². The van der Waals surface area contributed by atoms with Gasteiger partial charge in [-0.15, -0.1) is 6.58 Å². The van der Waals surface area contributed by atoms with E-state index in [1.54, 1.807) is 12.1 Å². The summed E-state index contributed by atoms with van der Waals surface area (Å²) in [6.45, 7) is 6.50. The highest BCUT2D eigenvalue weighted by Crippen LogP contribution is 2.36. The number of fused-ring (bicyclic) bond motifs is 4. The third kappa shape index (κ3) is 3.24. The Morgan fingerprint density at radius 2 is 2.00 bits per heavy atom. The van der Waals surface area contributed by atoms with E-state index in [0.717, 1.165) is 30.3 Å². The van der Waals surface area contributed by atoms with Crippen LogP contribution in [0.4, 0.5) is 0 Å². The molecule has 2 bridgehead atoms. The second-order valence-electron chi connectivity index (χ2n) is 7.19. The van der Waals surface area contributed by atoms with Crippen molar-refractivity contribution in [3.8, 4) is 0 Å². The Balaban J connectivity index is 1.47. The van der Waals surface area contributed by atoms with Gasteiger partial charge in [0, 0.05) is 19.1 Å². The SMILES string of the molecule is C=C[C@H]1CN2CC[C@H]1C[C@@H]2CNS(=O)(=O)c1ccc2ccccc2c1. The summed E-state index contributed by atoms with van der Waals surface area (Å²) in [5.41, 5.74) is 0. The highest BCUT2D eigenvalue weighted by molar-refractivity contribution is 7.89. The molecule has 3 aliphatic rings. The predicted molar refractivity (Wildman–Crippen MR) is 101 cm³/mol. The average Bonchev–Trinajstić information content (AvgIpc) is 2.66. The average molecular weight is 356 g/mol. The van der Waals surface area contributed by atoms with Gasteiger partial charge in [-0.05, 0) is 54.1 Å². The summed E-state index contributed by atoms with van der Waals surface area (Å²) in [5, 5.41) is 1.99. The third-order valence-electron chi connectivity index (χ3n) is 5.77. The number of nitrogens with one attached hydrogen (secondary N) is 1. The number of benzene rings is 2. The van der Waals surface area contributed by atoms with Crippen LogP contribution in [0, 0.1) is 11.8 Å². The number of nitrogens with zero attached hydrogens (tertiary/aromatic N) is 1. The van der Waals surface area contributed by atoms with Gasteiger partial charge in [-0.2, -0.15) is 0 Å². The molecule has 2 aromatic rings. The maximum absolute atomic E-state index is 12.7. The van der Waals surface area contributed by atoms with Crippen LogP contribution in [0.3, 0.4) is 0 Å². The third-order valence-corrected chi connectivity index (χ3v) is 7.19. The molecule has 1 N–H and O–H groups in total. The van der Waals surface area contributed by atoms with Gasteiger partial charge in [0.15, 0.2) is 0 Å². The molecule has 0 amide bonds. The van der Waals surface area contributed by atoms with E-state index in [9.17, 15) is 8.42 Å². The summed E-state index contributed by atoms with van der Waals surface area (Å²) < 4.78 is 28.2. The zero-order valence-electron chi connectivity index (χ0n) is 14.3. The van der Waals surface area contributed by atoms with Crippen molar-refractivity contribution in [3.05, 3.63) is 55.1 Å². The predicted octanol–water partition coefficient (Wildman–Crippen LogP) is 3.01. The summed E-state index contributed by atoms with van der Waals surface area (Å²) in [4.78, 5) is 2.75. The first-order valence-electron chi connectivity index (χ1n) is 8.92. The second-order valence-corrected chi connectivity index (χ2v) is 8.96. The van der Waals surface area contributed by atoms with E-state index in [2.05, 4.69) is 22.3 Å². The van der Waals surface area contributed by atoms with Crippen molar-refractivity contribution in [2.75, 3.05) is 19.6 Å². The van der Waals surface area contributed by atoms with Crippen LogP contribution in [0.15, 0.2) is 60.0 Å². The van der Waals surface area contributed by atoms with Crippen LogP contribution in [0.5, 0.6) is 0 Å². The molecule has 5 rings (SSSR count).